The van der Waals surface area contributed by atoms with Gasteiger partial charge in [-0.05, 0) is 163 Å². The Bertz CT molecular complexity index is 2010. The third kappa shape index (κ3) is 10.8. The smallest absolute Gasteiger partial charge is 0.246 e. The Balaban J connectivity index is 0.970. The number of hydrogen-bond acceptors (Lipinski definition) is 10. The van der Waals surface area contributed by atoms with Crippen molar-refractivity contribution in [2.75, 3.05) is 53.6 Å². The maximum Gasteiger partial charge on any atom is 0.246 e. The van der Waals surface area contributed by atoms with Crippen LogP contribution in [0, 0.1) is 11.8 Å². The zero-order valence-corrected chi connectivity index (χ0v) is 40.5. The number of ether oxygens (including phenoxy) is 2. The lowest BCUT2D eigenvalue weighted by Crippen LogP contribution is -2.58. The number of likely N-dealkylation sites (N-methyl/N-ethyl adjacent to an activating group) is 2. The van der Waals surface area contributed by atoms with E-state index < -0.39 is 36.3 Å². The number of fused-ring (bicyclic) bond motifs is 2. The molecule has 1 unspecified atom stereocenters. The molecular weight excluding hydrogens is 865 g/mol. The monoisotopic (exact) mass is 939 g/mol. The predicted octanol–water partition coefficient (Wildman–Crippen LogP) is 3.36. The summed E-state index contributed by atoms with van der Waals surface area (Å²) in [5, 5.41) is 18.8. The van der Waals surface area contributed by atoms with Crippen molar-refractivity contribution >= 4 is 35.4 Å². The molecule has 2 aliphatic carbocycles. The van der Waals surface area contributed by atoms with E-state index in [1.165, 1.54) is 11.1 Å². The van der Waals surface area contributed by atoms with Gasteiger partial charge >= 0.3 is 0 Å². The highest BCUT2D eigenvalue weighted by atomic mass is 16.5. The molecule has 2 aromatic carbocycles. The molecular formula is C52H74N8O8. The Hall–Kier alpha value is -4.90. The van der Waals surface area contributed by atoms with Crippen molar-refractivity contribution < 1.29 is 38.2 Å². The Morgan fingerprint density at radius 3 is 1.32 bits per heavy atom. The van der Waals surface area contributed by atoms with Crippen molar-refractivity contribution in [1.29, 1.82) is 0 Å². The van der Waals surface area contributed by atoms with Crippen LogP contribution in [0.15, 0.2) is 36.4 Å². The molecule has 0 saturated carbocycles. The quantitative estimate of drug-likeness (QED) is 0.154. The van der Waals surface area contributed by atoms with Crippen LogP contribution >= 0.6 is 0 Å². The average Bonchev–Trinajstić information content (AvgIpc) is 4.08. The van der Waals surface area contributed by atoms with E-state index in [0.717, 1.165) is 60.8 Å². The van der Waals surface area contributed by atoms with Gasteiger partial charge in [-0.3, -0.25) is 28.8 Å². The number of likely N-dealkylation sites (tertiary alicyclic amines) is 2. The van der Waals surface area contributed by atoms with E-state index in [9.17, 15) is 28.8 Å². The van der Waals surface area contributed by atoms with Crippen LogP contribution in [0.3, 0.4) is 0 Å². The predicted molar refractivity (Wildman–Crippen MR) is 257 cm³/mol. The Kier molecular flexibility index (Phi) is 16.5. The van der Waals surface area contributed by atoms with Crippen LogP contribution in [0.1, 0.15) is 125 Å². The molecule has 0 radical (unpaired) electrons. The second-order valence-electron chi connectivity index (χ2n) is 19.9. The topological polar surface area (TPSA) is 200 Å². The summed E-state index contributed by atoms with van der Waals surface area (Å²) in [6, 6.07) is 8.64. The minimum absolute atomic E-state index is 0.0738. The molecule has 4 fully saturated rings. The molecule has 8 atom stereocenters. The summed E-state index contributed by atoms with van der Waals surface area (Å²) in [6.07, 6.45) is 10.3. The van der Waals surface area contributed by atoms with Crippen molar-refractivity contribution in [2.24, 2.45) is 11.8 Å². The highest BCUT2D eigenvalue weighted by Gasteiger charge is 2.44. The molecule has 6 amide bonds. The number of benzene rings is 2. The molecule has 4 heterocycles. The maximum absolute atomic E-state index is 14.4. The number of rotatable bonds is 15. The fraction of sp³-hybridized carbons (Fsp3) is 0.654. The lowest BCUT2D eigenvalue weighted by Gasteiger charge is -2.36. The van der Waals surface area contributed by atoms with Gasteiger partial charge in [-0.1, -0.05) is 36.4 Å². The minimum Gasteiger partial charge on any atom is -0.381 e. The molecule has 0 spiro atoms. The van der Waals surface area contributed by atoms with E-state index in [1.807, 2.05) is 0 Å². The molecule has 370 valence electrons. The summed E-state index contributed by atoms with van der Waals surface area (Å²) < 4.78 is 11.2. The van der Waals surface area contributed by atoms with Crippen LogP contribution in [-0.2, 0) is 51.1 Å². The van der Waals surface area contributed by atoms with E-state index in [1.54, 1.807) is 37.7 Å². The zero-order chi connectivity index (χ0) is 47.9. The van der Waals surface area contributed by atoms with Crippen LogP contribution in [0.25, 0.3) is 11.1 Å². The van der Waals surface area contributed by atoms with Gasteiger partial charge in [0.25, 0.3) is 0 Å². The second kappa shape index (κ2) is 22.7. The third-order valence-corrected chi connectivity index (χ3v) is 15.9. The highest BCUT2D eigenvalue weighted by Crippen LogP contribution is 2.42. The van der Waals surface area contributed by atoms with Crippen molar-refractivity contribution in [1.82, 2.24) is 41.7 Å². The van der Waals surface area contributed by atoms with Gasteiger partial charge in [0, 0.05) is 39.5 Å². The largest absolute Gasteiger partial charge is 0.381 e. The fourth-order valence-corrected chi connectivity index (χ4v) is 11.7. The number of hydrogen-bond donors (Lipinski definition) is 6. The van der Waals surface area contributed by atoms with Crippen molar-refractivity contribution in [3.63, 3.8) is 0 Å². The Morgan fingerprint density at radius 1 is 0.544 bits per heavy atom. The van der Waals surface area contributed by atoms with Crippen LogP contribution < -0.4 is 31.9 Å². The molecule has 0 bridgehead atoms. The van der Waals surface area contributed by atoms with Gasteiger partial charge in [-0.15, -0.1) is 0 Å². The van der Waals surface area contributed by atoms with Gasteiger partial charge in [0.1, 0.15) is 24.2 Å². The van der Waals surface area contributed by atoms with E-state index in [-0.39, 0.29) is 59.4 Å². The Labute approximate surface area is 401 Å². The van der Waals surface area contributed by atoms with E-state index >= 15 is 0 Å². The normalized spacial score (nSPS) is 25.0. The number of nitrogens with zero attached hydrogens (tertiary/aromatic N) is 2. The van der Waals surface area contributed by atoms with Crippen LogP contribution in [0.2, 0.25) is 0 Å². The molecule has 68 heavy (non-hydrogen) atoms. The maximum atomic E-state index is 14.4. The van der Waals surface area contributed by atoms with Gasteiger partial charge in [0.15, 0.2) is 0 Å². The summed E-state index contributed by atoms with van der Waals surface area (Å²) in [6.45, 7) is 6.58. The highest BCUT2D eigenvalue weighted by molar-refractivity contribution is 5.95. The molecule has 0 aromatic heterocycles. The molecule has 4 saturated heterocycles. The lowest BCUT2D eigenvalue weighted by molar-refractivity contribution is -0.144. The molecule has 16 nitrogen and oxygen atoms in total. The van der Waals surface area contributed by atoms with Crippen LogP contribution in [0.4, 0.5) is 0 Å². The van der Waals surface area contributed by atoms with E-state index in [4.69, 9.17) is 9.47 Å². The van der Waals surface area contributed by atoms with Gasteiger partial charge in [-0.25, -0.2) is 0 Å². The van der Waals surface area contributed by atoms with E-state index in [2.05, 4.69) is 68.3 Å². The zero-order valence-electron chi connectivity index (χ0n) is 40.5. The summed E-state index contributed by atoms with van der Waals surface area (Å²) in [7, 11) is 3.43. The SMILES string of the molecule is CN[C@@H](C)C(=O)NC(C(=O)N1CCC[C@H]1C(=O)N[C@@H]1CCCc2c(-c3cccc4c3CCC[C@H]4NC(=O)[C@@H]3CCCN3C(=O)[C@@H](NC(=O)[C@H](C)NC)C3CCOCC3)cccc21)C1CCOCC1. The van der Waals surface area contributed by atoms with Crippen molar-refractivity contribution in [3.8, 4) is 11.1 Å². The first-order chi connectivity index (χ1) is 33.0. The molecule has 6 N–H and O–H groups in total. The molecule has 4 aliphatic heterocycles. The summed E-state index contributed by atoms with van der Waals surface area (Å²) in [5.74, 6) is -1.35. The number of carbonyl (C=O) groups is 6. The van der Waals surface area contributed by atoms with Crippen LogP contribution in [0.5, 0.6) is 0 Å². The number of carbonyl (C=O) groups excluding carboxylic acids is 6. The molecule has 6 aliphatic rings. The molecule has 2 aromatic rings. The van der Waals surface area contributed by atoms with Gasteiger partial charge in [0.05, 0.1) is 24.2 Å². The summed E-state index contributed by atoms with van der Waals surface area (Å²) in [5.41, 5.74) is 6.86. The van der Waals surface area contributed by atoms with Gasteiger partial charge in [-0.2, -0.15) is 0 Å². The van der Waals surface area contributed by atoms with Crippen molar-refractivity contribution in [3.05, 3.63) is 58.7 Å². The summed E-state index contributed by atoms with van der Waals surface area (Å²) in [4.78, 5) is 87.0. The first-order valence-electron chi connectivity index (χ1n) is 25.5. The molecule has 16 heteroatoms. The lowest BCUT2D eigenvalue weighted by atomic mass is 9.78. The van der Waals surface area contributed by atoms with E-state index in [0.29, 0.717) is 90.9 Å². The average molecular weight is 939 g/mol. The summed E-state index contributed by atoms with van der Waals surface area (Å²) >= 11 is 0. The molecule has 8 rings (SSSR count). The van der Waals surface area contributed by atoms with Gasteiger partial charge in [0.2, 0.25) is 35.4 Å². The van der Waals surface area contributed by atoms with Gasteiger partial charge < -0.3 is 51.2 Å². The number of amides is 6. The first kappa shape index (κ1) is 49.5. The second-order valence-corrected chi connectivity index (χ2v) is 19.9. The fourth-order valence-electron chi connectivity index (χ4n) is 11.7. The Morgan fingerprint density at radius 2 is 0.941 bits per heavy atom. The van der Waals surface area contributed by atoms with Crippen molar-refractivity contribution in [2.45, 2.75) is 152 Å². The third-order valence-electron chi connectivity index (χ3n) is 15.9. The standard InChI is InChI=1S/C52H74N8O8/c1-31(53-3)47(61)57-45(33-21-27-67-28-22-33)51(65)59-25-9-19-43(59)49(63)55-41-17-7-13-37-35(11-5-15-39(37)41)36-12-6-16-40-38(36)14-8-18-42(40)56-50(64)44-20-10-26-60(44)52(66)46(34-23-29-68-30-24-34)58-48(62)32(2)54-4/h5-6,11-12,15-16,31-34,41-46,53-54H,7-10,13-14,17-30H2,1-4H3,(H,55,63)(H,56,64)(H,57,61)(H,58,62)/t31-,32-,41+,42+,43-,44-,45-,46?/m0/s1. The first-order valence-corrected chi connectivity index (χ1v) is 25.5. The van der Waals surface area contributed by atoms with Crippen LogP contribution in [-0.4, -0.2) is 135 Å². The number of nitrogens with one attached hydrogen (secondary N) is 6. The minimum atomic E-state index is -0.729.